The monoisotopic (exact) mass is 278 g/mol. The normalized spacial score (nSPS) is 12.3. The number of aryl methyl sites for hydroxylation is 1. The molecule has 0 fully saturated rings. The van der Waals surface area contributed by atoms with E-state index in [0.29, 0.717) is 6.42 Å². The standard InChI is InChI=1S/C13H18N4OS/c1-3-11(13-14-9-15-17(13)4-2)16-12(18)7-10-5-6-19-8-10/h5-6,8-9,11H,3-4,7H2,1-2H3,(H,16,18)/t11-/m1/s1. The van der Waals surface area contributed by atoms with Crippen molar-refractivity contribution in [1.29, 1.82) is 0 Å². The highest BCUT2D eigenvalue weighted by molar-refractivity contribution is 7.07. The Labute approximate surface area is 116 Å². The molecule has 0 aliphatic carbocycles. The maximum absolute atomic E-state index is 12.0. The molecule has 0 aliphatic rings. The van der Waals surface area contributed by atoms with Crippen LogP contribution in [0.2, 0.25) is 0 Å². The lowest BCUT2D eigenvalue weighted by Gasteiger charge is -2.16. The van der Waals surface area contributed by atoms with Crippen molar-refractivity contribution in [3.63, 3.8) is 0 Å². The van der Waals surface area contributed by atoms with E-state index in [9.17, 15) is 4.79 Å². The molecule has 1 N–H and O–H groups in total. The SMILES string of the molecule is CC[C@@H](NC(=O)Cc1ccsc1)c1ncnn1CC. The van der Waals surface area contributed by atoms with Crippen LogP contribution in [0.25, 0.3) is 0 Å². The first kappa shape index (κ1) is 13.7. The summed E-state index contributed by atoms with van der Waals surface area (Å²) < 4.78 is 1.82. The van der Waals surface area contributed by atoms with Crippen LogP contribution in [-0.4, -0.2) is 20.7 Å². The number of hydrogen-bond acceptors (Lipinski definition) is 4. The van der Waals surface area contributed by atoms with Gasteiger partial charge < -0.3 is 5.32 Å². The molecular formula is C13H18N4OS. The van der Waals surface area contributed by atoms with Gasteiger partial charge in [-0.25, -0.2) is 9.67 Å². The van der Waals surface area contributed by atoms with Gasteiger partial charge in [-0.05, 0) is 35.7 Å². The molecular weight excluding hydrogens is 260 g/mol. The van der Waals surface area contributed by atoms with E-state index in [4.69, 9.17) is 0 Å². The van der Waals surface area contributed by atoms with Gasteiger partial charge in [-0.15, -0.1) is 0 Å². The van der Waals surface area contributed by atoms with Gasteiger partial charge in [0.2, 0.25) is 5.91 Å². The predicted octanol–water partition coefficient (Wildman–Crippen LogP) is 2.17. The zero-order chi connectivity index (χ0) is 13.7. The van der Waals surface area contributed by atoms with E-state index in [1.807, 2.05) is 35.4 Å². The molecule has 0 saturated heterocycles. The van der Waals surface area contributed by atoms with Crippen molar-refractivity contribution in [2.24, 2.45) is 0 Å². The van der Waals surface area contributed by atoms with E-state index in [-0.39, 0.29) is 11.9 Å². The number of hydrogen-bond donors (Lipinski definition) is 1. The lowest BCUT2D eigenvalue weighted by Crippen LogP contribution is -2.31. The quantitative estimate of drug-likeness (QED) is 0.881. The highest BCUT2D eigenvalue weighted by atomic mass is 32.1. The second-order valence-corrected chi connectivity index (χ2v) is 5.05. The molecule has 0 aromatic carbocycles. The Morgan fingerprint density at radius 1 is 1.53 bits per heavy atom. The summed E-state index contributed by atoms with van der Waals surface area (Å²) in [4.78, 5) is 16.3. The Morgan fingerprint density at radius 3 is 3.00 bits per heavy atom. The number of carbonyl (C=O) groups is 1. The smallest absolute Gasteiger partial charge is 0.225 e. The van der Waals surface area contributed by atoms with Gasteiger partial charge in [0.05, 0.1) is 12.5 Å². The molecule has 5 nitrogen and oxygen atoms in total. The largest absolute Gasteiger partial charge is 0.346 e. The Hall–Kier alpha value is -1.69. The average Bonchev–Trinajstić information content (AvgIpc) is 3.06. The van der Waals surface area contributed by atoms with Crippen molar-refractivity contribution in [1.82, 2.24) is 20.1 Å². The first-order valence-electron chi connectivity index (χ1n) is 6.42. The lowest BCUT2D eigenvalue weighted by atomic mass is 10.2. The summed E-state index contributed by atoms with van der Waals surface area (Å²) in [7, 11) is 0. The molecule has 1 atom stereocenters. The molecule has 6 heteroatoms. The highest BCUT2D eigenvalue weighted by Gasteiger charge is 2.18. The molecule has 19 heavy (non-hydrogen) atoms. The molecule has 2 rings (SSSR count). The van der Waals surface area contributed by atoms with Crippen LogP contribution in [-0.2, 0) is 17.8 Å². The summed E-state index contributed by atoms with van der Waals surface area (Å²) in [5.41, 5.74) is 1.05. The van der Waals surface area contributed by atoms with Crippen LogP contribution in [0.5, 0.6) is 0 Å². The molecule has 0 saturated carbocycles. The summed E-state index contributed by atoms with van der Waals surface area (Å²) in [6, 6.07) is 1.90. The molecule has 0 unspecified atom stereocenters. The number of rotatable bonds is 6. The third kappa shape index (κ3) is 3.41. The maximum atomic E-state index is 12.0. The third-order valence-corrected chi connectivity index (χ3v) is 3.68. The second-order valence-electron chi connectivity index (χ2n) is 4.27. The Bertz CT molecular complexity index is 520. The maximum Gasteiger partial charge on any atom is 0.225 e. The highest BCUT2D eigenvalue weighted by Crippen LogP contribution is 2.14. The molecule has 102 valence electrons. The molecule has 1 amide bonds. The number of amides is 1. The fourth-order valence-electron chi connectivity index (χ4n) is 1.96. The summed E-state index contributed by atoms with van der Waals surface area (Å²) in [5.74, 6) is 0.847. The first-order chi connectivity index (χ1) is 9.24. The Morgan fingerprint density at radius 2 is 2.37 bits per heavy atom. The van der Waals surface area contributed by atoms with Crippen LogP contribution in [0.15, 0.2) is 23.2 Å². The van der Waals surface area contributed by atoms with Crippen LogP contribution in [0.1, 0.15) is 37.7 Å². The number of carbonyl (C=O) groups excluding carboxylic acids is 1. The van der Waals surface area contributed by atoms with Crippen molar-refractivity contribution in [2.45, 2.75) is 39.3 Å². The lowest BCUT2D eigenvalue weighted by molar-refractivity contribution is -0.121. The number of nitrogens with one attached hydrogen (secondary N) is 1. The zero-order valence-corrected chi connectivity index (χ0v) is 12.0. The van der Waals surface area contributed by atoms with Gasteiger partial charge in [0.15, 0.2) is 0 Å². The van der Waals surface area contributed by atoms with Crippen LogP contribution in [0, 0.1) is 0 Å². The number of nitrogens with zero attached hydrogens (tertiary/aromatic N) is 3. The van der Waals surface area contributed by atoms with Crippen LogP contribution >= 0.6 is 11.3 Å². The van der Waals surface area contributed by atoms with Crippen molar-refractivity contribution < 1.29 is 4.79 Å². The van der Waals surface area contributed by atoms with Gasteiger partial charge in [-0.3, -0.25) is 4.79 Å². The van der Waals surface area contributed by atoms with Crippen LogP contribution in [0.4, 0.5) is 0 Å². The van der Waals surface area contributed by atoms with Gasteiger partial charge in [-0.1, -0.05) is 6.92 Å². The third-order valence-electron chi connectivity index (χ3n) is 2.94. The Kier molecular flexibility index (Phi) is 4.68. The molecule has 0 spiro atoms. The van der Waals surface area contributed by atoms with E-state index in [0.717, 1.165) is 24.4 Å². The minimum absolute atomic E-state index is 0.0240. The van der Waals surface area contributed by atoms with E-state index in [1.165, 1.54) is 6.33 Å². The fourth-order valence-corrected chi connectivity index (χ4v) is 2.63. The second kappa shape index (κ2) is 6.47. The van der Waals surface area contributed by atoms with Crippen LogP contribution < -0.4 is 5.32 Å². The fraction of sp³-hybridized carbons (Fsp3) is 0.462. The van der Waals surface area contributed by atoms with E-state index < -0.39 is 0 Å². The summed E-state index contributed by atoms with van der Waals surface area (Å²) >= 11 is 1.60. The minimum atomic E-state index is -0.0754. The molecule has 0 aliphatic heterocycles. The Balaban J connectivity index is 2.01. The van der Waals surface area contributed by atoms with E-state index in [2.05, 4.69) is 15.4 Å². The molecule has 0 bridgehead atoms. The van der Waals surface area contributed by atoms with Crippen molar-refractivity contribution >= 4 is 17.2 Å². The van der Waals surface area contributed by atoms with E-state index in [1.54, 1.807) is 11.3 Å². The van der Waals surface area contributed by atoms with Crippen molar-refractivity contribution in [2.75, 3.05) is 0 Å². The molecule has 2 heterocycles. The predicted molar refractivity (Wildman–Crippen MR) is 74.9 cm³/mol. The van der Waals surface area contributed by atoms with Crippen molar-refractivity contribution in [3.05, 3.63) is 34.5 Å². The van der Waals surface area contributed by atoms with Gasteiger partial charge in [0, 0.05) is 6.54 Å². The van der Waals surface area contributed by atoms with Gasteiger partial charge in [0.25, 0.3) is 0 Å². The first-order valence-corrected chi connectivity index (χ1v) is 7.37. The van der Waals surface area contributed by atoms with Gasteiger partial charge in [0.1, 0.15) is 12.2 Å². The van der Waals surface area contributed by atoms with Crippen molar-refractivity contribution in [3.8, 4) is 0 Å². The number of aromatic nitrogens is 3. The minimum Gasteiger partial charge on any atom is -0.346 e. The van der Waals surface area contributed by atoms with Gasteiger partial charge in [-0.2, -0.15) is 16.4 Å². The summed E-state index contributed by atoms with van der Waals surface area (Å²) in [6.45, 7) is 4.80. The van der Waals surface area contributed by atoms with Gasteiger partial charge >= 0.3 is 0 Å². The molecule has 0 radical (unpaired) electrons. The molecule has 2 aromatic rings. The summed E-state index contributed by atoms with van der Waals surface area (Å²) in [5, 5.41) is 11.1. The average molecular weight is 278 g/mol. The number of thiophene rings is 1. The molecule has 2 aromatic heterocycles. The van der Waals surface area contributed by atoms with Crippen LogP contribution in [0.3, 0.4) is 0 Å². The topological polar surface area (TPSA) is 59.8 Å². The summed E-state index contributed by atoms with van der Waals surface area (Å²) in [6.07, 6.45) is 2.75. The van der Waals surface area contributed by atoms with E-state index >= 15 is 0 Å². The zero-order valence-electron chi connectivity index (χ0n) is 11.2.